The van der Waals surface area contributed by atoms with Crippen LogP contribution in [0.25, 0.3) is 0 Å². The Kier molecular flexibility index (Phi) is 2.92. The molecule has 1 atom stereocenters. The zero-order chi connectivity index (χ0) is 9.84. The number of aliphatic carboxylic acids is 1. The van der Waals surface area contributed by atoms with Gasteiger partial charge in [-0.2, -0.15) is 0 Å². The van der Waals surface area contributed by atoms with E-state index in [2.05, 4.69) is 9.97 Å². The highest BCUT2D eigenvalue weighted by molar-refractivity contribution is 5.73. The summed E-state index contributed by atoms with van der Waals surface area (Å²) in [6, 6.07) is -0.907. The van der Waals surface area contributed by atoms with Gasteiger partial charge in [0.15, 0.2) is 0 Å². The van der Waals surface area contributed by atoms with Crippen LogP contribution in [0.2, 0.25) is 0 Å². The first-order valence-corrected chi connectivity index (χ1v) is 3.86. The number of rotatable bonds is 3. The number of hydrogen-bond acceptors (Lipinski definition) is 4. The maximum Gasteiger partial charge on any atom is 0.320 e. The van der Waals surface area contributed by atoms with Crippen LogP contribution in [0.15, 0.2) is 12.4 Å². The second-order valence-corrected chi connectivity index (χ2v) is 2.74. The van der Waals surface area contributed by atoms with E-state index in [0.717, 1.165) is 5.69 Å². The molecule has 13 heavy (non-hydrogen) atoms. The van der Waals surface area contributed by atoms with Crippen molar-refractivity contribution < 1.29 is 9.90 Å². The molecule has 0 aliphatic carbocycles. The molecule has 0 radical (unpaired) electrons. The predicted octanol–water partition coefficient (Wildman–Crippen LogP) is -0.261. The van der Waals surface area contributed by atoms with E-state index in [0.29, 0.717) is 5.69 Å². The van der Waals surface area contributed by atoms with E-state index >= 15 is 0 Å². The average molecular weight is 181 g/mol. The number of nitrogens with zero attached hydrogens (tertiary/aromatic N) is 2. The van der Waals surface area contributed by atoms with Crippen LogP contribution in [0.4, 0.5) is 0 Å². The molecule has 0 aliphatic heterocycles. The minimum absolute atomic E-state index is 0.217. The molecule has 0 amide bonds. The average Bonchev–Trinajstić information content (AvgIpc) is 2.08. The Morgan fingerprint density at radius 3 is 2.77 bits per heavy atom. The molecule has 1 rings (SSSR count). The summed E-state index contributed by atoms with van der Waals surface area (Å²) >= 11 is 0. The minimum atomic E-state index is -1.02. The molecule has 0 aliphatic rings. The summed E-state index contributed by atoms with van der Waals surface area (Å²) in [6.07, 6.45) is 3.30. The van der Waals surface area contributed by atoms with Crippen molar-refractivity contribution in [3.05, 3.63) is 23.8 Å². The van der Waals surface area contributed by atoms with Gasteiger partial charge in [0.05, 0.1) is 11.4 Å². The predicted molar refractivity (Wildman–Crippen MR) is 46.1 cm³/mol. The number of carboxylic acids is 1. The molecule has 0 unspecified atom stereocenters. The molecule has 1 heterocycles. The molecule has 0 saturated heterocycles. The van der Waals surface area contributed by atoms with E-state index in [4.69, 9.17) is 10.8 Å². The van der Waals surface area contributed by atoms with Gasteiger partial charge in [-0.15, -0.1) is 0 Å². The summed E-state index contributed by atoms with van der Waals surface area (Å²) in [7, 11) is 0. The molecule has 0 fully saturated rings. The lowest BCUT2D eigenvalue weighted by Crippen LogP contribution is -2.32. The zero-order valence-corrected chi connectivity index (χ0v) is 7.27. The standard InChI is InChI=1S/C8H11N3O2/c1-5-7(11-3-2-10-5)4-6(9)8(12)13/h2-3,6H,4,9H2,1H3,(H,12,13)/t6-/m1/s1. The smallest absolute Gasteiger partial charge is 0.320 e. The van der Waals surface area contributed by atoms with Crippen LogP contribution in [-0.4, -0.2) is 27.1 Å². The second-order valence-electron chi connectivity index (χ2n) is 2.74. The van der Waals surface area contributed by atoms with Gasteiger partial charge < -0.3 is 10.8 Å². The summed E-state index contributed by atoms with van der Waals surface area (Å²) in [5, 5.41) is 8.56. The number of aryl methyl sites for hydroxylation is 1. The van der Waals surface area contributed by atoms with E-state index in [1.807, 2.05) is 0 Å². The van der Waals surface area contributed by atoms with Crippen LogP contribution >= 0.6 is 0 Å². The molecule has 0 saturated carbocycles. The fraction of sp³-hybridized carbons (Fsp3) is 0.375. The molecule has 70 valence electrons. The molecule has 1 aromatic rings. The lowest BCUT2D eigenvalue weighted by molar-refractivity contribution is -0.138. The molecular weight excluding hydrogens is 170 g/mol. The Hall–Kier alpha value is -1.49. The quantitative estimate of drug-likeness (QED) is 0.670. The second kappa shape index (κ2) is 3.95. The first-order valence-electron chi connectivity index (χ1n) is 3.86. The first-order chi connectivity index (χ1) is 6.11. The fourth-order valence-electron chi connectivity index (χ4n) is 0.932. The summed E-state index contributed by atoms with van der Waals surface area (Å²) < 4.78 is 0. The van der Waals surface area contributed by atoms with E-state index in [-0.39, 0.29) is 6.42 Å². The van der Waals surface area contributed by atoms with Gasteiger partial charge in [-0.05, 0) is 6.92 Å². The maximum absolute atomic E-state index is 10.4. The van der Waals surface area contributed by atoms with Gasteiger partial charge in [0.1, 0.15) is 6.04 Å². The van der Waals surface area contributed by atoms with Gasteiger partial charge in [0.25, 0.3) is 0 Å². The largest absolute Gasteiger partial charge is 0.480 e. The van der Waals surface area contributed by atoms with Crippen molar-refractivity contribution in [2.75, 3.05) is 0 Å². The fourth-order valence-corrected chi connectivity index (χ4v) is 0.932. The Balaban J connectivity index is 2.74. The SMILES string of the molecule is Cc1nccnc1C[C@@H](N)C(=O)O. The molecule has 0 spiro atoms. The Labute approximate surface area is 75.6 Å². The van der Waals surface area contributed by atoms with Crippen LogP contribution in [0.1, 0.15) is 11.4 Å². The third-order valence-corrected chi connectivity index (χ3v) is 1.71. The highest BCUT2D eigenvalue weighted by atomic mass is 16.4. The Morgan fingerprint density at radius 2 is 2.23 bits per heavy atom. The number of aromatic nitrogens is 2. The van der Waals surface area contributed by atoms with Crippen molar-refractivity contribution in [3.63, 3.8) is 0 Å². The molecule has 5 heteroatoms. The van der Waals surface area contributed by atoms with Crippen molar-refractivity contribution in [1.29, 1.82) is 0 Å². The Morgan fingerprint density at radius 1 is 1.62 bits per heavy atom. The van der Waals surface area contributed by atoms with Crippen LogP contribution in [0, 0.1) is 6.92 Å². The third kappa shape index (κ3) is 2.48. The van der Waals surface area contributed by atoms with Crippen molar-refractivity contribution >= 4 is 5.97 Å². The summed E-state index contributed by atoms with van der Waals surface area (Å²) in [6.45, 7) is 1.77. The topological polar surface area (TPSA) is 89.1 Å². The number of hydrogen-bond donors (Lipinski definition) is 2. The molecule has 0 aromatic carbocycles. The Bertz CT molecular complexity index is 314. The van der Waals surface area contributed by atoms with Crippen LogP contribution in [-0.2, 0) is 11.2 Å². The third-order valence-electron chi connectivity index (χ3n) is 1.71. The highest BCUT2D eigenvalue weighted by Gasteiger charge is 2.14. The molecule has 0 bridgehead atoms. The zero-order valence-electron chi connectivity index (χ0n) is 7.27. The van der Waals surface area contributed by atoms with E-state index in [1.165, 1.54) is 6.20 Å². The molecule has 1 aromatic heterocycles. The van der Waals surface area contributed by atoms with Crippen LogP contribution in [0.5, 0.6) is 0 Å². The molecule has 3 N–H and O–H groups in total. The van der Waals surface area contributed by atoms with E-state index in [9.17, 15) is 4.79 Å². The number of carboxylic acid groups (broad SMARTS) is 1. The van der Waals surface area contributed by atoms with Crippen molar-refractivity contribution in [3.8, 4) is 0 Å². The van der Waals surface area contributed by atoms with E-state index in [1.54, 1.807) is 13.1 Å². The normalized spacial score (nSPS) is 12.5. The number of nitrogens with two attached hydrogens (primary N) is 1. The highest BCUT2D eigenvalue weighted by Crippen LogP contribution is 2.02. The molecule has 5 nitrogen and oxygen atoms in total. The summed E-state index contributed by atoms with van der Waals surface area (Å²) in [5.74, 6) is -1.02. The lowest BCUT2D eigenvalue weighted by Gasteiger charge is -2.06. The lowest BCUT2D eigenvalue weighted by atomic mass is 10.1. The van der Waals surface area contributed by atoms with Crippen LogP contribution < -0.4 is 5.73 Å². The van der Waals surface area contributed by atoms with Crippen molar-refractivity contribution in [2.24, 2.45) is 5.73 Å². The van der Waals surface area contributed by atoms with Gasteiger partial charge in [0.2, 0.25) is 0 Å². The van der Waals surface area contributed by atoms with Crippen LogP contribution in [0.3, 0.4) is 0 Å². The first kappa shape index (κ1) is 9.60. The van der Waals surface area contributed by atoms with E-state index < -0.39 is 12.0 Å². The summed E-state index contributed by atoms with van der Waals surface area (Å²) in [4.78, 5) is 18.4. The van der Waals surface area contributed by atoms with Gasteiger partial charge >= 0.3 is 5.97 Å². The van der Waals surface area contributed by atoms with Gasteiger partial charge in [-0.3, -0.25) is 14.8 Å². The van der Waals surface area contributed by atoms with Crippen molar-refractivity contribution in [1.82, 2.24) is 9.97 Å². The van der Waals surface area contributed by atoms with Crippen molar-refractivity contribution in [2.45, 2.75) is 19.4 Å². The minimum Gasteiger partial charge on any atom is -0.480 e. The van der Waals surface area contributed by atoms with Gasteiger partial charge in [-0.25, -0.2) is 0 Å². The maximum atomic E-state index is 10.4. The molecular formula is C8H11N3O2. The number of carbonyl (C=O) groups is 1. The van der Waals surface area contributed by atoms with Gasteiger partial charge in [-0.1, -0.05) is 0 Å². The monoisotopic (exact) mass is 181 g/mol. The van der Waals surface area contributed by atoms with Gasteiger partial charge in [0, 0.05) is 18.8 Å². The summed E-state index contributed by atoms with van der Waals surface area (Å²) in [5.41, 5.74) is 6.71.